The Hall–Kier alpha value is -7.98. The van der Waals surface area contributed by atoms with Crippen LogP contribution in [0.4, 0.5) is 0 Å². The van der Waals surface area contributed by atoms with Crippen molar-refractivity contribution in [2.45, 2.75) is 0 Å². The minimum Gasteiger partial charge on any atom is -0.309 e. The molecule has 0 atom stereocenters. The van der Waals surface area contributed by atoms with E-state index in [9.17, 15) is 28.8 Å². The van der Waals surface area contributed by atoms with Gasteiger partial charge in [0.15, 0.2) is 8.07 Å². The number of aromatic nitrogens is 2. The van der Waals surface area contributed by atoms with E-state index in [-0.39, 0.29) is 27.5 Å². The fraction of sp³-hybridized carbons (Fsp3) is 0. The van der Waals surface area contributed by atoms with E-state index >= 15 is 0 Å². The number of nitrogens with zero attached hydrogens (tertiary/aromatic N) is 2. The summed E-state index contributed by atoms with van der Waals surface area (Å²) in [5, 5.41) is -7.21. The van der Waals surface area contributed by atoms with Gasteiger partial charge in [-0.25, -0.2) is 0 Å². The Morgan fingerprint density at radius 1 is 0.302 bits per heavy atom. The van der Waals surface area contributed by atoms with Gasteiger partial charge in [-0.15, -0.1) is 0 Å². The number of benzene rings is 10. The number of hydrogen-bond donors (Lipinski definition) is 0. The zero-order valence-electron chi connectivity index (χ0n) is 67.9. The van der Waals surface area contributed by atoms with Gasteiger partial charge in [0.2, 0.25) is 0 Å². The van der Waals surface area contributed by atoms with Crippen LogP contribution in [0.3, 0.4) is 0 Å². The third-order valence-corrected chi connectivity index (χ3v) is 14.4. The van der Waals surface area contributed by atoms with Crippen molar-refractivity contribution >= 4 is 72.4 Å². The lowest BCUT2D eigenvalue weighted by Gasteiger charge is -2.34. The maximum absolute atomic E-state index is 10.5. The Bertz CT molecular complexity index is 5510. The lowest BCUT2D eigenvalue weighted by Crippen LogP contribution is -2.74. The zero-order valence-corrected chi connectivity index (χ0v) is 32.9. The van der Waals surface area contributed by atoms with Crippen molar-refractivity contribution in [1.29, 1.82) is 0 Å². The molecule has 0 saturated heterocycles. The summed E-state index contributed by atoms with van der Waals surface area (Å²) in [6.07, 6.45) is 0. The summed E-state index contributed by atoms with van der Waals surface area (Å²) in [7, 11) is -6.58. The minimum atomic E-state index is -6.58. The van der Waals surface area contributed by atoms with Crippen molar-refractivity contribution in [2.75, 3.05) is 0 Å². The molecule has 3 heteroatoms. The first-order chi connectivity index (χ1) is 46.2. The molecule has 0 N–H and O–H groups in total. The SMILES string of the molecule is [2H]c1c(-c2c([2H])c([2H])c3c(c2[2H])c2c([2H])c([2H])c([2H])c([2H])c2n3-c2ccccc2)cc(-c2c([2H])c([2H])c3c(c2[2H])c2c([2H])c([2H])c([2H])c([2H])c2n3-c2c([2H])c([2H])c([2H])c([Si](c3c([2H])c([2H])c([2H])c([2H])c3[2H])(c3c([2H])c([2H])c([2H])c([2H])c3[2H])c3c([2H])c([2H])c([2H])c([2H])c3[2H])c2[2H])c([2H])c1[2H]. The van der Waals surface area contributed by atoms with Gasteiger partial charge in [-0.2, -0.15) is 0 Å². The molecule has 296 valence electrons. The van der Waals surface area contributed by atoms with Gasteiger partial charge in [0.1, 0.15) is 0 Å². The van der Waals surface area contributed by atoms with Crippen LogP contribution in [0.2, 0.25) is 0 Å². The molecular formula is C60H42N2Si. The lowest BCUT2D eigenvalue weighted by molar-refractivity contribution is 1.18. The third-order valence-electron chi connectivity index (χ3n) is 10.4. The van der Waals surface area contributed by atoms with Gasteiger partial charge >= 0.3 is 0 Å². The molecular weight excluding hydrogens is 777 g/mol. The molecule has 2 nitrogen and oxygen atoms in total. The van der Waals surface area contributed by atoms with Gasteiger partial charge in [0.05, 0.1) is 71.4 Å². The van der Waals surface area contributed by atoms with Gasteiger partial charge in [0.25, 0.3) is 0 Å². The van der Waals surface area contributed by atoms with Crippen molar-refractivity contribution in [3.05, 3.63) is 254 Å². The molecule has 0 aliphatic heterocycles. The summed E-state index contributed by atoms with van der Waals surface area (Å²) in [5.41, 5.74) is -6.06. The van der Waals surface area contributed by atoms with Crippen LogP contribution in [-0.2, 0) is 0 Å². The first-order valence-corrected chi connectivity index (χ1v) is 20.8. The molecule has 0 fully saturated rings. The largest absolute Gasteiger partial charge is 0.309 e. The van der Waals surface area contributed by atoms with Crippen LogP contribution in [0.25, 0.3) is 77.2 Å². The second kappa shape index (κ2) is 15.2. The highest BCUT2D eigenvalue weighted by Gasteiger charge is 2.41. The van der Waals surface area contributed by atoms with E-state index in [0.717, 1.165) is 6.07 Å². The molecule has 0 amide bonds. The Kier molecular flexibility index (Phi) is 3.72. The first kappa shape index (κ1) is 15.4. The first-order valence-electron chi connectivity index (χ1n) is 36.8. The van der Waals surface area contributed by atoms with Gasteiger partial charge in [-0.3, -0.25) is 0 Å². The summed E-state index contributed by atoms with van der Waals surface area (Å²) in [4.78, 5) is 0. The normalized spacial score (nSPS) is 19.8. The standard InChI is InChI=1S/C60H42N2Si/c1-5-21-47(22-6-1)61-57-33-15-13-31-53(57)55-40-45(35-37-59(55)61)43-19-17-20-44(39-43)46-36-38-60-56(41-46)54-32-14-16-34-58(54)62(60)48-23-18-30-52(42-48)63(49-24-7-2-8-25-49,50-26-9-3-10-27-50)51-28-11-4-12-29-51/h1-42H/i2D,3D,4D,7D,8D,9D,10D,11D,12D,13D,14D,15D,16D,17D,18D,19D,20D,23D,24D,25D,26D,27D,28D,29D,30D,31D,32D,33D,34D,35D,36D,37D,38D,40D,41D,42D. The van der Waals surface area contributed by atoms with Crippen LogP contribution >= 0.6 is 0 Å². The maximum Gasteiger partial charge on any atom is 0.179 e. The molecule has 2 aromatic heterocycles. The predicted molar refractivity (Wildman–Crippen MR) is 270 cm³/mol. The fourth-order valence-electron chi connectivity index (χ4n) is 7.70. The monoisotopic (exact) mass is 855 g/mol. The maximum atomic E-state index is 10.5. The van der Waals surface area contributed by atoms with E-state index in [2.05, 4.69) is 0 Å². The van der Waals surface area contributed by atoms with E-state index in [4.69, 9.17) is 20.6 Å². The summed E-state index contributed by atoms with van der Waals surface area (Å²) in [6.45, 7) is 0. The van der Waals surface area contributed by atoms with Gasteiger partial charge in [-0.1, -0.05) is 187 Å². The van der Waals surface area contributed by atoms with Crippen molar-refractivity contribution in [3.63, 3.8) is 0 Å². The molecule has 12 aromatic rings. The fourth-order valence-corrected chi connectivity index (χ4v) is 11.3. The summed E-state index contributed by atoms with van der Waals surface area (Å²) in [6, 6.07) is -31.5. The summed E-state index contributed by atoms with van der Waals surface area (Å²) >= 11 is 0. The molecule has 0 aliphatic rings. The highest BCUT2D eigenvalue weighted by atomic mass is 28.3. The Morgan fingerprint density at radius 3 is 1.25 bits per heavy atom. The predicted octanol–water partition coefficient (Wildman–Crippen LogP) is 12.6. The Morgan fingerprint density at radius 2 is 0.730 bits per heavy atom. The highest BCUT2D eigenvalue weighted by molar-refractivity contribution is 7.19. The van der Waals surface area contributed by atoms with E-state index in [1.54, 1.807) is 30.3 Å². The van der Waals surface area contributed by atoms with Crippen LogP contribution < -0.4 is 20.7 Å². The molecule has 0 unspecified atom stereocenters. The number of fused-ring (bicyclic) bond motifs is 6. The molecule has 0 bridgehead atoms. The van der Waals surface area contributed by atoms with Crippen molar-refractivity contribution in [1.82, 2.24) is 9.13 Å². The van der Waals surface area contributed by atoms with Crippen molar-refractivity contribution in [2.24, 2.45) is 0 Å². The Balaban J connectivity index is 1.28. The average molecular weight is 855 g/mol. The van der Waals surface area contributed by atoms with Gasteiger partial charge < -0.3 is 9.13 Å². The van der Waals surface area contributed by atoms with Crippen LogP contribution in [0.5, 0.6) is 0 Å². The zero-order chi connectivity index (χ0) is 73.1. The summed E-state index contributed by atoms with van der Waals surface area (Å²) < 4.78 is 338. The van der Waals surface area contributed by atoms with Crippen molar-refractivity contribution < 1.29 is 49.3 Å². The lowest BCUT2D eigenvalue weighted by atomic mass is 9.97. The molecule has 63 heavy (non-hydrogen) atoms. The minimum absolute atomic E-state index is 0.208. The van der Waals surface area contributed by atoms with Crippen LogP contribution in [-0.4, -0.2) is 17.2 Å². The van der Waals surface area contributed by atoms with Crippen molar-refractivity contribution in [3.8, 4) is 33.6 Å². The third kappa shape index (κ3) is 6.00. The summed E-state index contributed by atoms with van der Waals surface area (Å²) in [5.74, 6) is 0. The van der Waals surface area contributed by atoms with E-state index in [1.165, 1.54) is 4.57 Å². The van der Waals surface area contributed by atoms with Gasteiger partial charge in [-0.05, 0) is 110 Å². The molecule has 0 aliphatic carbocycles. The van der Waals surface area contributed by atoms with E-state index in [0.29, 0.717) is 4.57 Å². The second-order valence-electron chi connectivity index (χ2n) is 13.7. The molecule has 0 spiro atoms. The van der Waals surface area contributed by atoms with E-state index < -0.39 is 296 Å². The molecule has 10 aromatic carbocycles. The quantitative estimate of drug-likeness (QED) is 0.106. The van der Waals surface area contributed by atoms with Gasteiger partial charge in [0, 0.05) is 32.9 Å². The number of rotatable bonds is 8. The van der Waals surface area contributed by atoms with Crippen LogP contribution in [0.15, 0.2) is 254 Å². The van der Waals surface area contributed by atoms with Crippen LogP contribution in [0, 0.1) is 0 Å². The number of hydrogen-bond acceptors (Lipinski definition) is 0. The second-order valence-corrected chi connectivity index (χ2v) is 17.2. The number of para-hydroxylation sites is 3. The molecule has 2 heterocycles. The molecule has 12 rings (SSSR count). The molecule has 0 saturated carbocycles. The molecule has 0 radical (unpaired) electrons. The topological polar surface area (TPSA) is 9.86 Å². The van der Waals surface area contributed by atoms with Crippen LogP contribution in [0.1, 0.15) is 49.3 Å². The highest BCUT2D eigenvalue weighted by Crippen LogP contribution is 2.38. The van der Waals surface area contributed by atoms with E-state index in [1.807, 2.05) is 0 Å². The average Bonchev–Trinajstić information content (AvgIpc) is 1.60. The smallest absolute Gasteiger partial charge is 0.179 e. The Labute approximate surface area is 418 Å².